The topological polar surface area (TPSA) is 28.7 Å². The van der Waals surface area contributed by atoms with Crippen LogP contribution in [0, 0.1) is 0 Å². The first kappa shape index (κ1) is 7.13. The Kier molecular flexibility index (Phi) is 1.62. The fraction of sp³-hybridized carbons (Fsp3) is 0. The molecule has 11 heavy (non-hydrogen) atoms. The fourth-order valence-corrected chi connectivity index (χ4v) is 1.92. The van der Waals surface area contributed by atoms with Gasteiger partial charge >= 0.3 is 0 Å². The van der Waals surface area contributed by atoms with Gasteiger partial charge in [-0.3, -0.25) is 4.98 Å². The van der Waals surface area contributed by atoms with Gasteiger partial charge in [-0.2, -0.15) is 0 Å². The Bertz CT molecular complexity index is 396. The van der Waals surface area contributed by atoms with Gasteiger partial charge in [0, 0.05) is 22.3 Å². The van der Waals surface area contributed by atoms with Crippen molar-refractivity contribution in [3.63, 3.8) is 0 Å². The van der Waals surface area contributed by atoms with Gasteiger partial charge in [-0.15, -0.1) is 0 Å². The van der Waals surface area contributed by atoms with Gasteiger partial charge in [0.15, 0.2) is 0 Å². The van der Waals surface area contributed by atoms with Gasteiger partial charge in [0.25, 0.3) is 0 Å². The molecule has 4 heteroatoms. The first-order valence-electron chi connectivity index (χ1n) is 3.05. The lowest BCUT2D eigenvalue weighted by molar-refractivity contribution is 1.34. The van der Waals surface area contributed by atoms with Crippen LogP contribution in [-0.2, 0) is 0 Å². The highest BCUT2D eigenvalue weighted by molar-refractivity contribution is 9.10. The fourth-order valence-electron chi connectivity index (χ4n) is 1.00. The molecule has 0 aliphatic rings. The molecule has 56 valence electrons. The summed E-state index contributed by atoms with van der Waals surface area (Å²) in [6, 6.07) is 0. The highest BCUT2D eigenvalue weighted by atomic mass is 79.9. The first-order chi connectivity index (χ1) is 5.29. The van der Waals surface area contributed by atoms with E-state index in [1.807, 2.05) is 6.20 Å². The van der Waals surface area contributed by atoms with Crippen molar-refractivity contribution in [3.8, 4) is 0 Å². The van der Waals surface area contributed by atoms with Crippen molar-refractivity contribution in [1.29, 1.82) is 0 Å². The van der Waals surface area contributed by atoms with Crippen LogP contribution in [0.1, 0.15) is 0 Å². The normalized spacial score (nSPS) is 10.7. The van der Waals surface area contributed by atoms with E-state index in [0.29, 0.717) is 5.02 Å². The average Bonchev–Trinajstić information content (AvgIpc) is 2.34. The van der Waals surface area contributed by atoms with Gasteiger partial charge < -0.3 is 4.98 Å². The van der Waals surface area contributed by atoms with Crippen molar-refractivity contribution in [1.82, 2.24) is 9.97 Å². The third kappa shape index (κ3) is 1.04. The molecule has 0 fully saturated rings. The summed E-state index contributed by atoms with van der Waals surface area (Å²) in [6.45, 7) is 0. The Morgan fingerprint density at radius 1 is 1.45 bits per heavy atom. The van der Waals surface area contributed by atoms with Gasteiger partial charge in [-0.1, -0.05) is 11.6 Å². The highest BCUT2D eigenvalue weighted by Gasteiger charge is 2.03. The summed E-state index contributed by atoms with van der Waals surface area (Å²) in [5, 5.41) is 1.65. The molecular weight excluding hydrogens is 227 g/mol. The first-order valence-corrected chi connectivity index (χ1v) is 4.22. The Morgan fingerprint density at radius 3 is 3.00 bits per heavy atom. The maximum Gasteiger partial charge on any atom is 0.0694 e. The van der Waals surface area contributed by atoms with Gasteiger partial charge in [0.05, 0.1) is 16.7 Å². The van der Waals surface area contributed by atoms with Crippen molar-refractivity contribution in [2.75, 3.05) is 0 Å². The lowest BCUT2D eigenvalue weighted by Gasteiger charge is -1.91. The Hall–Kier alpha value is -0.540. The summed E-state index contributed by atoms with van der Waals surface area (Å²) >= 11 is 9.27. The van der Waals surface area contributed by atoms with Crippen LogP contribution in [0.3, 0.4) is 0 Å². The maximum absolute atomic E-state index is 5.89. The number of fused-ring (bicyclic) bond motifs is 1. The number of pyridine rings is 1. The number of hydrogen-bond donors (Lipinski definition) is 1. The number of halogens is 2. The molecular formula is C7H4BrClN2. The predicted octanol–water partition coefficient (Wildman–Crippen LogP) is 2.98. The molecule has 0 spiro atoms. The molecule has 2 aromatic rings. The number of aromatic nitrogens is 2. The molecule has 0 saturated heterocycles. The summed E-state index contributed by atoms with van der Waals surface area (Å²) in [5.74, 6) is 0. The second-order valence-electron chi connectivity index (χ2n) is 2.18. The van der Waals surface area contributed by atoms with Crippen LogP contribution in [0.4, 0.5) is 0 Å². The minimum absolute atomic E-state index is 0.663. The molecule has 0 bridgehead atoms. The van der Waals surface area contributed by atoms with Gasteiger partial charge in [0.1, 0.15) is 0 Å². The van der Waals surface area contributed by atoms with E-state index in [1.165, 1.54) is 0 Å². The predicted molar refractivity (Wildman–Crippen MR) is 48.8 cm³/mol. The largest absolute Gasteiger partial charge is 0.359 e. The lowest BCUT2D eigenvalue weighted by Crippen LogP contribution is -1.73. The van der Waals surface area contributed by atoms with Crippen molar-refractivity contribution < 1.29 is 0 Å². The molecule has 0 atom stereocenters. The summed E-state index contributed by atoms with van der Waals surface area (Å²) in [6.07, 6.45) is 5.21. The number of H-pyrrole nitrogens is 1. The second kappa shape index (κ2) is 2.50. The Balaban J connectivity index is 2.96. The molecule has 0 aliphatic carbocycles. The van der Waals surface area contributed by atoms with Crippen LogP contribution in [0.2, 0.25) is 5.02 Å². The van der Waals surface area contributed by atoms with Gasteiger partial charge in [-0.25, -0.2) is 0 Å². The van der Waals surface area contributed by atoms with Crippen LogP contribution >= 0.6 is 27.5 Å². The summed E-state index contributed by atoms with van der Waals surface area (Å²) < 4.78 is 0.972. The number of nitrogens with one attached hydrogen (secondary N) is 1. The van der Waals surface area contributed by atoms with E-state index in [9.17, 15) is 0 Å². The number of nitrogens with zero attached hydrogens (tertiary/aromatic N) is 1. The molecule has 0 unspecified atom stereocenters. The zero-order valence-electron chi connectivity index (χ0n) is 5.44. The molecule has 0 saturated carbocycles. The summed E-state index contributed by atoms with van der Waals surface area (Å²) in [4.78, 5) is 6.98. The standard InChI is InChI=1S/C7H4BrClN2/c8-4-1-11-6-3-10-2-5(9)7(4)6/h1-3,11H. The second-order valence-corrected chi connectivity index (χ2v) is 3.44. The molecule has 0 aliphatic heterocycles. The van der Waals surface area contributed by atoms with Gasteiger partial charge in [-0.05, 0) is 15.9 Å². The molecule has 2 aromatic heterocycles. The highest BCUT2D eigenvalue weighted by Crippen LogP contribution is 2.28. The summed E-state index contributed by atoms with van der Waals surface area (Å²) in [5.41, 5.74) is 0.948. The molecule has 2 rings (SSSR count). The van der Waals surface area contributed by atoms with Crippen molar-refractivity contribution in [2.24, 2.45) is 0 Å². The smallest absolute Gasteiger partial charge is 0.0694 e. The lowest BCUT2D eigenvalue weighted by atomic mass is 10.3. The van der Waals surface area contributed by atoms with E-state index in [1.54, 1.807) is 12.4 Å². The number of aromatic amines is 1. The van der Waals surface area contributed by atoms with Crippen LogP contribution < -0.4 is 0 Å². The van der Waals surface area contributed by atoms with Crippen molar-refractivity contribution >= 4 is 38.4 Å². The Morgan fingerprint density at radius 2 is 2.27 bits per heavy atom. The van der Waals surface area contributed by atoms with Crippen molar-refractivity contribution in [3.05, 3.63) is 28.1 Å². The van der Waals surface area contributed by atoms with E-state index in [4.69, 9.17) is 11.6 Å². The molecule has 2 heterocycles. The van der Waals surface area contributed by atoms with E-state index in [0.717, 1.165) is 15.4 Å². The third-order valence-electron chi connectivity index (χ3n) is 1.49. The van der Waals surface area contributed by atoms with Crippen LogP contribution in [0.15, 0.2) is 23.1 Å². The van der Waals surface area contributed by atoms with Crippen LogP contribution in [-0.4, -0.2) is 9.97 Å². The van der Waals surface area contributed by atoms with Crippen molar-refractivity contribution in [2.45, 2.75) is 0 Å². The van der Waals surface area contributed by atoms with Gasteiger partial charge in [0.2, 0.25) is 0 Å². The van der Waals surface area contributed by atoms with E-state index in [2.05, 4.69) is 25.9 Å². The SMILES string of the molecule is Clc1cncc2[nH]cc(Br)c12. The summed E-state index contributed by atoms with van der Waals surface area (Å²) in [7, 11) is 0. The molecule has 2 nitrogen and oxygen atoms in total. The molecule has 1 N–H and O–H groups in total. The minimum Gasteiger partial charge on any atom is -0.359 e. The van der Waals surface area contributed by atoms with E-state index < -0.39 is 0 Å². The maximum atomic E-state index is 5.89. The number of hydrogen-bond acceptors (Lipinski definition) is 1. The monoisotopic (exact) mass is 230 g/mol. The zero-order chi connectivity index (χ0) is 7.84. The Labute approximate surface area is 76.7 Å². The third-order valence-corrected chi connectivity index (χ3v) is 2.40. The molecule has 0 radical (unpaired) electrons. The average molecular weight is 231 g/mol. The minimum atomic E-state index is 0.663. The van der Waals surface area contributed by atoms with Crippen LogP contribution in [0.25, 0.3) is 10.9 Å². The zero-order valence-corrected chi connectivity index (χ0v) is 7.78. The van der Waals surface area contributed by atoms with E-state index in [-0.39, 0.29) is 0 Å². The molecule has 0 aromatic carbocycles. The molecule has 0 amide bonds. The number of rotatable bonds is 0. The van der Waals surface area contributed by atoms with E-state index >= 15 is 0 Å². The quantitative estimate of drug-likeness (QED) is 0.742. The van der Waals surface area contributed by atoms with Crippen LogP contribution in [0.5, 0.6) is 0 Å².